The topological polar surface area (TPSA) is 114 Å². The van der Waals surface area contributed by atoms with Gasteiger partial charge in [-0.3, -0.25) is 4.79 Å². The summed E-state index contributed by atoms with van der Waals surface area (Å²) in [4.78, 5) is 25.2. The average molecular weight is 293 g/mol. The van der Waals surface area contributed by atoms with Gasteiger partial charge in [0.1, 0.15) is 0 Å². The summed E-state index contributed by atoms with van der Waals surface area (Å²) in [5, 5.41) is 16.2. The van der Waals surface area contributed by atoms with E-state index in [-0.39, 0.29) is 23.1 Å². The van der Waals surface area contributed by atoms with Crippen LogP contribution in [0.25, 0.3) is 0 Å². The average Bonchev–Trinajstić information content (AvgIpc) is 3.06. The van der Waals surface area contributed by atoms with E-state index in [4.69, 9.17) is 10.8 Å². The first-order valence-electron chi connectivity index (χ1n) is 7.20. The van der Waals surface area contributed by atoms with Gasteiger partial charge in [-0.2, -0.15) is 0 Å². The van der Waals surface area contributed by atoms with Gasteiger partial charge in [0.15, 0.2) is 5.69 Å². The highest BCUT2D eigenvalue weighted by Gasteiger charge is 2.46. The maximum Gasteiger partial charge on any atom is 0.358 e. The Bertz CT molecular complexity index is 558. The monoisotopic (exact) mass is 293 g/mol. The Labute approximate surface area is 121 Å². The van der Waals surface area contributed by atoms with E-state index in [9.17, 15) is 9.59 Å². The molecule has 114 valence electrons. The Morgan fingerprint density at radius 1 is 1.38 bits per heavy atom. The summed E-state index contributed by atoms with van der Waals surface area (Å²) < 4.78 is 1.52. The second kappa shape index (κ2) is 5.10. The number of rotatable bonds is 4. The van der Waals surface area contributed by atoms with Crippen molar-refractivity contribution in [2.45, 2.75) is 31.7 Å². The van der Waals surface area contributed by atoms with Crippen LogP contribution in [-0.2, 0) is 4.79 Å². The minimum atomic E-state index is -1.10. The smallest absolute Gasteiger partial charge is 0.358 e. The molecule has 1 saturated heterocycles. The zero-order valence-electron chi connectivity index (χ0n) is 11.7. The van der Waals surface area contributed by atoms with Crippen molar-refractivity contribution in [2.75, 3.05) is 19.6 Å². The van der Waals surface area contributed by atoms with Crippen LogP contribution in [0.1, 0.15) is 42.2 Å². The SMILES string of the molecule is NCC1(C(=O)N2CC(n3cc(C(=O)O)nn3)C2)CCCC1. The molecule has 1 amide bonds. The summed E-state index contributed by atoms with van der Waals surface area (Å²) in [7, 11) is 0. The van der Waals surface area contributed by atoms with E-state index in [2.05, 4.69) is 10.3 Å². The molecule has 2 aliphatic rings. The van der Waals surface area contributed by atoms with E-state index in [0.29, 0.717) is 19.6 Å². The van der Waals surface area contributed by atoms with E-state index in [0.717, 1.165) is 25.7 Å². The summed E-state index contributed by atoms with van der Waals surface area (Å²) in [6.07, 6.45) is 5.27. The van der Waals surface area contributed by atoms with Gasteiger partial charge in [0, 0.05) is 19.6 Å². The van der Waals surface area contributed by atoms with Gasteiger partial charge in [-0.25, -0.2) is 9.48 Å². The first-order chi connectivity index (χ1) is 10.1. The lowest BCUT2D eigenvalue weighted by atomic mass is 9.83. The van der Waals surface area contributed by atoms with Crippen LogP contribution in [0.4, 0.5) is 0 Å². The molecule has 0 atom stereocenters. The molecule has 0 unspecified atom stereocenters. The molecule has 1 aromatic rings. The number of likely N-dealkylation sites (tertiary alicyclic amines) is 1. The van der Waals surface area contributed by atoms with Gasteiger partial charge in [-0.1, -0.05) is 18.1 Å². The Kier molecular flexibility index (Phi) is 3.40. The van der Waals surface area contributed by atoms with Gasteiger partial charge in [-0.15, -0.1) is 5.10 Å². The number of aromatic nitrogens is 3. The molecule has 1 aromatic heterocycles. The normalized spacial score (nSPS) is 21.3. The van der Waals surface area contributed by atoms with Crippen molar-refractivity contribution in [1.82, 2.24) is 19.9 Å². The summed E-state index contributed by atoms with van der Waals surface area (Å²) in [5.74, 6) is -0.959. The summed E-state index contributed by atoms with van der Waals surface area (Å²) >= 11 is 0. The number of carbonyl (C=O) groups excluding carboxylic acids is 1. The number of amides is 1. The van der Waals surface area contributed by atoms with Gasteiger partial charge in [0.05, 0.1) is 17.7 Å². The highest BCUT2D eigenvalue weighted by atomic mass is 16.4. The third-order valence-corrected chi connectivity index (χ3v) is 4.66. The number of nitrogens with zero attached hydrogens (tertiary/aromatic N) is 4. The number of hydrogen-bond acceptors (Lipinski definition) is 5. The van der Waals surface area contributed by atoms with Gasteiger partial charge in [0.25, 0.3) is 0 Å². The highest BCUT2D eigenvalue weighted by Crippen LogP contribution is 2.40. The molecule has 2 fully saturated rings. The van der Waals surface area contributed by atoms with Crippen LogP contribution < -0.4 is 5.73 Å². The Balaban J connectivity index is 1.62. The molecule has 3 rings (SSSR count). The number of carboxylic acid groups (broad SMARTS) is 1. The lowest BCUT2D eigenvalue weighted by molar-refractivity contribution is -0.147. The molecule has 8 nitrogen and oxygen atoms in total. The zero-order valence-corrected chi connectivity index (χ0v) is 11.7. The minimum Gasteiger partial charge on any atom is -0.476 e. The molecule has 8 heteroatoms. The largest absolute Gasteiger partial charge is 0.476 e. The van der Waals surface area contributed by atoms with Crippen molar-refractivity contribution >= 4 is 11.9 Å². The first kappa shape index (κ1) is 14.0. The molecular weight excluding hydrogens is 274 g/mol. The van der Waals surface area contributed by atoms with Crippen molar-refractivity contribution in [2.24, 2.45) is 11.1 Å². The van der Waals surface area contributed by atoms with Crippen molar-refractivity contribution in [3.05, 3.63) is 11.9 Å². The van der Waals surface area contributed by atoms with Crippen LogP contribution in [0.2, 0.25) is 0 Å². The predicted molar refractivity (Wildman–Crippen MR) is 72.6 cm³/mol. The molecular formula is C13H19N5O3. The molecule has 0 aromatic carbocycles. The molecule has 0 spiro atoms. The van der Waals surface area contributed by atoms with E-state index in [1.165, 1.54) is 10.9 Å². The number of aromatic carboxylic acids is 1. The molecule has 2 heterocycles. The van der Waals surface area contributed by atoms with Gasteiger partial charge < -0.3 is 15.7 Å². The second-order valence-electron chi connectivity index (χ2n) is 5.94. The maximum absolute atomic E-state index is 12.6. The van der Waals surface area contributed by atoms with E-state index in [1.54, 1.807) is 4.90 Å². The Hall–Kier alpha value is -1.96. The van der Waals surface area contributed by atoms with Gasteiger partial charge in [-0.05, 0) is 12.8 Å². The Morgan fingerprint density at radius 2 is 2.05 bits per heavy atom. The minimum absolute atomic E-state index is 0.00535. The van der Waals surface area contributed by atoms with Crippen LogP contribution in [0.5, 0.6) is 0 Å². The molecule has 1 aliphatic heterocycles. The number of hydrogen-bond donors (Lipinski definition) is 2. The number of nitrogens with two attached hydrogens (primary N) is 1. The number of carboxylic acids is 1. The summed E-state index contributed by atoms with van der Waals surface area (Å²) in [6.45, 7) is 1.49. The molecule has 21 heavy (non-hydrogen) atoms. The highest BCUT2D eigenvalue weighted by molar-refractivity contribution is 5.85. The maximum atomic E-state index is 12.6. The molecule has 0 radical (unpaired) electrons. The lowest BCUT2D eigenvalue weighted by Crippen LogP contribution is -2.56. The first-order valence-corrected chi connectivity index (χ1v) is 7.20. The van der Waals surface area contributed by atoms with Crippen LogP contribution in [-0.4, -0.2) is 56.5 Å². The van der Waals surface area contributed by atoms with Crippen molar-refractivity contribution in [1.29, 1.82) is 0 Å². The zero-order chi connectivity index (χ0) is 15.0. The quantitative estimate of drug-likeness (QED) is 0.799. The molecule has 3 N–H and O–H groups in total. The summed E-state index contributed by atoms with van der Waals surface area (Å²) in [5.41, 5.74) is 5.38. The lowest BCUT2D eigenvalue weighted by Gasteiger charge is -2.43. The van der Waals surface area contributed by atoms with Crippen LogP contribution in [0.15, 0.2) is 6.20 Å². The fourth-order valence-corrected chi connectivity index (χ4v) is 3.23. The third kappa shape index (κ3) is 2.29. The van der Waals surface area contributed by atoms with Crippen LogP contribution in [0.3, 0.4) is 0 Å². The fourth-order valence-electron chi connectivity index (χ4n) is 3.23. The van der Waals surface area contributed by atoms with Crippen LogP contribution in [0, 0.1) is 5.41 Å². The Morgan fingerprint density at radius 3 is 2.57 bits per heavy atom. The number of carbonyl (C=O) groups is 2. The fraction of sp³-hybridized carbons (Fsp3) is 0.692. The molecule has 0 bridgehead atoms. The van der Waals surface area contributed by atoms with E-state index in [1.807, 2.05) is 0 Å². The second-order valence-corrected chi connectivity index (χ2v) is 5.94. The summed E-state index contributed by atoms with van der Waals surface area (Å²) in [6, 6.07) is 0.00535. The van der Waals surface area contributed by atoms with E-state index < -0.39 is 5.97 Å². The van der Waals surface area contributed by atoms with Crippen LogP contribution >= 0.6 is 0 Å². The predicted octanol–water partition coefficient (Wildman–Crippen LogP) is -0.121. The van der Waals surface area contributed by atoms with Crippen molar-refractivity contribution < 1.29 is 14.7 Å². The standard InChI is InChI=1S/C13H19N5O3/c14-8-13(3-1-2-4-13)12(21)17-5-9(6-17)18-7-10(11(19)20)15-16-18/h7,9H,1-6,8,14H2,(H,19,20). The van der Waals surface area contributed by atoms with Gasteiger partial charge >= 0.3 is 5.97 Å². The third-order valence-electron chi connectivity index (χ3n) is 4.66. The molecule has 1 aliphatic carbocycles. The van der Waals surface area contributed by atoms with Gasteiger partial charge in [0.2, 0.25) is 5.91 Å². The van der Waals surface area contributed by atoms with E-state index >= 15 is 0 Å². The van der Waals surface area contributed by atoms with Crippen molar-refractivity contribution in [3.63, 3.8) is 0 Å². The molecule has 1 saturated carbocycles. The van der Waals surface area contributed by atoms with Crippen molar-refractivity contribution in [3.8, 4) is 0 Å².